The van der Waals surface area contributed by atoms with Crippen LogP contribution >= 0.6 is 23.1 Å². The van der Waals surface area contributed by atoms with Gasteiger partial charge in [0.1, 0.15) is 5.69 Å². The summed E-state index contributed by atoms with van der Waals surface area (Å²) in [6.07, 6.45) is 1.88. The first-order valence-electron chi connectivity index (χ1n) is 4.91. The molecule has 0 aromatic carbocycles. The van der Waals surface area contributed by atoms with Crippen molar-refractivity contribution in [1.82, 2.24) is 20.0 Å². The van der Waals surface area contributed by atoms with E-state index in [0.29, 0.717) is 9.35 Å². The van der Waals surface area contributed by atoms with Gasteiger partial charge in [0.15, 0.2) is 9.35 Å². The number of carboxylic acid groups (broad SMARTS) is 1. The largest absolute Gasteiger partial charge is 0.481 e. The molecule has 0 spiro atoms. The molecule has 2 aromatic heterocycles. The maximum atomic E-state index is 10.4. The molecule has 0 unspecified atom stereocenters. The van der Waals surface area contributed by atoms with Crippen molar-refractivity contribution >= 4 is 29.1 Å². The fraction of sp³-hybridized carbons (Fsp3) is 0.333. The van der Waals surface area contributed by atoms with Crippen molar-refractivity contribution in [2.75, 3.05) is 5.75 Å². The Labute approximate surface area is 106 Å². The van der Waals surface area contributed by atoms with Gasteiger partial charge in [0.05, 0.1) is 5.75 Å². The lowest BCUT2D eigenvalue weighted by atomic mass is 10.5. The molecular weight excluding hydrogens is 260 g/mol. The number of aliphatic carboxylic acids is 1. The van der Waals surface area contributed by atoms with Gasteiger partial charge in [-0.1, -0.05) is 23.1 Å². The second-order valence-corrected chi connectivity index (χ2v) is 5.31. The molecule has 0 amide bonds. The fourth-order valence-corrected chi connectivity index (χ4v) is 2.68. The van der Waals surface area contributed by atoms with Crippen LogP contribution in [0.4, 0.5) is 0 Å². The summed E-state index contributed by atoms with van der Waals surface area (Å²) in [6.45, 7) is 2.81. The summed E-state index contributed by atoms with van der Waals surface area (Å²) >= 11 is 2.52. The lowest BCUT2D eigenvalue weighted by molar-refractivity contribution is -0.133. The molecule has 0 saturated carbocycles. The number of hydrogen-bond donors (Lipinski definition) is 1. The number of rotatable bonds is 5. The molecule has 2 heterocycles. The normalized spacial score (nSPS) is 10.6. The number of carboxylic acids is 1. The minimum absolute atomic E-state index is 0.00195. The zero-order valence-corrected chi connectivity index (χ0v) is 10.7. The van der Waals surface area contributed by atoms with Crippen LogP contribution in [-0.4, -0.2) is 36.8 Å². The van der Waals surface area contributed by atoms with Crippen LogP contribution in [0.15, 0.2) is 16.6 Å². The topological polar surface area (TPSA) is 80.9 Å². The number of carbonyl (C=O) groups is 1. The van der Waals surface area contributed by atoms with Gasteiger partial charge in [0, 0.05) is 12.7 Å². The van der Waals surface area contributed by atoms with Crippen molar-refractivity contribution < 1.29 is 9.90 Å². The summed E-state index contributed by atoms with van der Waals surface area (Å²) in [7, 11) is 0. The molecule has 0 aliphatic carbocycles. The Hall–Kier alpha value is -1.41. The van der Waals surface area contributed by atoms with Gasteiger partial charge in [-0.05, 0) is 13.0 Å². The van der Waals surface area contributed by atoms with Gasteiger partial charge in [-0.25, -0.2) is 0 Å². The van der Waals surface area contributed by atoms with Crippen molar-refractivity contribution in [3.8, 4) is 10.7 Å². The van der Waals surface area contributed by atoms with Gasteiger partial charge < -0.3 is 5.11 Å². The Bertz CT molecular complexity index is 523. The summed E-state index contributed by atoms with van der Waals surface area (Å²) in [5.41, 5.74) is 0.770. The maximum absolute atomic E-state index is 10.4. The third-order valence-corrected chi connectivity index (χ3v) is 3.97. The SMILES string of the molecule is CCn1ccc(-c2nnc(SCC(=O)O)s2)n1. The average molecular weight is 270 g/mol. The van der Waals surface area contributed by atoms with Crippen molar-refractivity contribution in [2.45, 2.75) is 17.8 Å². The van der Waals surface area contributed by atoms with Gasteiger partial charge >= 0.3 is 5.97 Å². The molecule has 0 atom stereocenters. The Morgan fingerprint density at radius 2 is 2.41 bits per heavy atom. The number of hydrogen-bond acceptors (Lipinski definition) is 6. The van der Waals surface area contributed by atoms with E-state index in [1.807, 2.05) is 19.2 Å². The molecule has 6 nitrogen and oxygen atoms in total. The fourth-order valence-electron chi connectivity index (χ4n) is 1.15. The zero-order chi connectivity index (χ0) is 12.3. The van der Waals surface area contributed by atoms with E-state index in [2.05, 4.69) is 15.3 Å². The number of aryl methyl sites for hydroxylation is 1. The van der Waals surface area contributed by atoms with Crippen molar-refractivity contribution in [3.05, 3.63) is 12.3 Å². The van der Waals surface area contributed by atoms with Gasteiger partial charge in [0.25, 0.3) is 0 Å². The standard InChI is InChI=1S/C9H10N4O2S2/c1-2-13-4-3-6(12-13)8-10-11-9(17-8)16-5-7(14)15/h3-4H,2,5H2,1H3,(H,14,15). The predicted octanol–water partition coefficient (Wildman–Crippen LogP) is 1.60. The highest BCUT2D eigenvalue weighted by atomic mass is 32.2. The van der Waals surface area contributed by atoms with Crippen molar-refractivity contribution in [3.63, 3.8) is 0 Å². The average Bonchev–Trinajstić information content (AvgIpc) is 2.94. The van der Waals surface area contributed by atoms with Gasteiger partial charge in [-0.3, -0.25) is 9.48 Å². The van der Waals surface area contributed by atoms with Crippen LogP contribution < -0.4 is 0 Å². The molecule has 0 fully saturated rings. The van der Waals surface area contributed by atoms with Crippen molar-refractivity contribution in [1.29, 1.82) is 0 Å². The van der Waals surface area contributed by atoms with Crippen LogP contribution in [0.2, 0.25) is 0 Å². The van der Waals surface area contributed by atoms with E-state index >= 15 is 0 Å². The first-order chi connectivity index (χ1) is 8.19. The van der Waals surface area contributed by atoms with Gasteiger partial charge in [-0.2, -0.15) is 5.10 Å². The number of nitrogens with zero attached hydrogens (tertiary/aromatic N) is 4. The third-order valence-electron chi connectivity index (χ3n) is 1.91. The Kier molecular flexibility index (Phi) is 3.75. The summed E-state index contributed by atoms with van der Waals surface area (Å²) < 4.78 is 2.45. The number of aromatic nitrogens is 4. The molecule has 2 aromatic rings. The Morgan fingerprint density at radius 1 is 1.59 bits per heavy atom. The molecule has 90 valence electrons. The van der Waals surface area contributed by atoms with E-state index in [0.717, 1.165) is 12.2 Å². The Morgan fingerprint density at radius 3 is 3.06 bits per heavy atom. The second-order valence-electron chi connectivity index (χ2n) is 3.11. The van der Waals surface area contributed by atoms with E-state index in [4.69, 9.17) is 5.11 Å². The van der Waals surface area contributed by atoms with E-state index in [9.17, 15) is 4.79 Å². The summed E-state index contributed by atoms with van der Waals surface area (Å²) in [5.74, 6) is -0.861. The second kappa shape index (κ2) is 5.28. The predicted molar refractivity (Wildman–Crippen MR) is 65.2 cm³/mol. The van der Waals surface area contributed by atoms with Crippen LogP contribution in [0.3, 0.4) is 0 Å². The molecule has 8 heteroatoms. The maximum Gasteiger partial charge on any atom is 0.313 e. The van der Waals surface area contributed by atoms with Crippen LogP contribution in [0.25, 0.3) is 10.7 Å². The minimum Gasteiger partial charge on any atom is -0.481 e. The highest BCUT2D eigenvalue weighted by Gasteiger charge is 2.10. The minimum atomic E-state index is -0.859. The van der Waals surface area contributed by atoms with E-state index in [-0.39, 0.29) is 5.75 Å². The van der Waals surface area contributed by atoms with Crippen LogP contribution in [0.5, 0.6) is 0 Å². The number of thioether (sulfide) groups is 1. The molecule has 0 bridgehead atoms. The summed E-state index contributed by atoms with van der Waals surface area (Å²) in [6, 6.07) is 1.87. The molecule has 0 saturated heterocycles. The molecular formula is C9H10N4O2S2. The molecule has 0 aliphatic heterocycles. The molecule has 0 radical (unpaired) electrons. The summed E-state index contributed by atoms with van der Waals surface area (Å²) in [5, 5.41) is 21.5. The van der Waals surface area contributed by atoms with Crippen LogP contribution in [-0.2, 0) is 11.3 Å². The van der Waals surface area contributed by atoms with E-state index < -0.39 is 5.97 Å². The van der Waals surface area contributed by atoms with Gasteiger partial charge in [0.2, 0.25) is 0 Å². The first kappa shape index (κ1) is 12.1. The van der Waals surface area contributed by atoms with E-state index in [1.165, 1.54) is 23.1 Å². The van der Waals surface area contributed by atoms with Crippen LogP contribution in [0.1, 0.15) is 6.92 Å². The smallest absolute Gasteiger partial charge is 0.313 e. The monoisotopic (exact) mass is 270 g/mol. The molecule has 0 aliphatic rings. The highest BCUT2D eigenvalue weighted by molar-refractivity contribution is 8.01. The lowest BCUT2D eigenvalue weighted by Gasteiger charge is -1.91. The van der Waals surface area contributed by atoms with Crippen LogP contribution in [0, 0.1) is 0 Å². The van der Waals surface area contributed by atoms with E-state index in [1.54, 1.807) is 4.68 Å². The lowest BCUT2D eigenvalue weighted by Crippen LogP contribution is -1.96. The van der Waals surface area contributed by atoms with Gasteiger partial charge in [-0.15, -0.1) is 10.2 Å². The first-order valence-corrected chi connectivity index (χ1v) is 6.71. The third kappa shape index (κ3) is 3.04. The Balaban J connectivity index is 2.09. The highest BCUT2D eigenvalue weighted by Crippen LogP contribution is 2.28. The zero-order valence-electron chi connectivity index (χ0n) is 9.03. The molecule has 1 N–H and O–H groups in total. The van der Waals surface area contributed by atoms with Crippen molar-refractivity contribution in [2.24, 2.45) is 0 Å². The molecule has 17 heavy (non-hydrogen) atoms. The molecule has 2 rings (SSSR count). The quantitative estimate of drug-likeness (QED) is 0.831. The summed E-state index contributed by atoms with van der Waals surface area (Å²) in [4.78, 5) is 10.4.